The number of piperazine rings is 1. The lowest BCUT2D eigenvalue weighted by Crippen LogP contribution is -2.57. The van der Waals surface area contributed by atoms with E-state index in [4.69, 9.17) is 11.6 Å². The predicted molar refractivity (Wildman–Crippen MR) is 94.0 cm³/mol. The number of hydrogen-bond donors (Lipinski definition) is 1. The molecule has 1 aliphatic heterocycles. The van der Waals surface area contributed by atoms with Gasteiger partial charge in [-0.2, -0.15) is 0 Å². The third-order valence-corrected chi connectivity index (χ3v) is 5.25. The zero-order valence-electron chi connectivity index (χ0n) is 13.1. The van der Waals surface area contributed by atoms with Crippen molar-refractivity contribution in [1.29, 1.82) is 0 Å². The molecule has 0 bridgehead atoms. The minimum absolute atomic E-state index is 0.173. The molecule has 5 heteroatoms. The van der Waals surface area contributed by atoms with Crippen LogP contribution < -0.4 is 5.32 Å². The maximum absolute atomic E-state index is 6.06. The Morgan fingerprint density at radius 3 is 2.57 bits per heavy atom. The molecule has 2 rings (SSSR count). The van der Waals surface area contributed by atoms with Crippen molar-refractivity contribution in [3.63, 3.8) is 0 Å². The summed E-state index contributed by atoms with van der Waals surface area (Å²) in [7, 11) is 2.19. The van der Waals surface area contributed by atoms with Gasteiger partial charge >= 0.3 is 0 Å². The molecule has 0 aliphatic carbocycles. The molecule has 1 aliphatic rings. The maximum atomic E-state index is 6.06. The topological polar surface area (TPSA) is 18.5 Å². The third kappa shape index (κ3) is 4.93. The standard InChI is InChI=1S/C16H25BrClN3/c1-16(2,21-8-6-20(3)7-9-21)12-19-11-13-10-14(18)4-5-15(13)17/h4-5,10,19H,6-9,11-12H2,1-3H3. The van der Waals surface area contributed by atoms with E-state index in [2.05, 4.69) is 51.9 Å². The molecule has 0 saturated carbocycles. The molecule has 1 aromatic carbocycles. The van der Waals surface area contributed by atoms with Gasteiger partial charge < -0.3 is 10.2 Å². The molecule has 0 atom stereocenters. The van der Waals surface area contributed by atoms with Crippen molar-refractivity contribution in [2.24, 2.45) is 0 Å². The molecule has 118 valence electrons. The van der Waals surface area contributed by atoms with Crippen LogP contribution in [0.1, 0.15) is 19.4 Å². The van der Waals surface area contributed by atoms with E-state index in [1.54, 1.807) is 0 Å². The van der Waals surface area contributed by atoms with Crippen molar-refractivity contribution in [2.45, 2.75) is 25.9 Å². The lowest BCUT2D eigenvalue weighted by atomic mass is 10.0. The fourth-order valence-corrected chi connectivity index (χ4v) is 3.29. The van der Waals surface area contributed by atoms with Crippen LogP contribution in [0.3, 0.4) is 0 Å². The lowest BCUT2D eigenvalue weighted by Gasteiger charge is -2.43. The summed E-state index contributed by atoms with van der Waals surface area (Å²) in [5.41, 5.74) is 1.38. The molecular weight excluding hydrogens is 350 g/mol. The van der Waals surface area contributed by atoms with E-state index >= 15 is 0 Å². The Hall–Kier alpha value is -0.130. The minimum Gasteiger partial charge on any atom is -0.311 e. The van der Waals surface area contributed by atoms with E-state index in [-0.39, 0.29) is 5.54 Å². The average molecular weight is 375 g/mol. The highest BCUT2D eigenvalue weighted by atomic mass is 79.9. The molecule has 0 amide bonds. The average Bonchev–Trinajstić information content (AvgIpc) is 2.43. The van der Waals surface area contributed by atoms with Crippen LogP contribution in [0.5, 0.6) is 0 Å². The summed E-state index contributed by atoms with van der Waals surface area (Å²) >= 11 is 9.64. The first-order valence-electron chi connectivity index (χ1n) is 7.47. The number of nitrogens with one attached hydrogen (secondary N) is 1. The highest BCUT2D eigenvalue weighted by Gasteiger charge is 2.28. The van der Waals surface area contributed by atoms with Crippen molar-refractivity contribution in [2.75, 3.05) is 39.8 Å². The van der Waals surface area contributed by atoms with Gasteiger partial charge in [0.15, 0.2) is 0 Å². The molecule has 0 unspecified atom stereocenters. The molecule has 1 fully saturated rings. The molecular formula is C16H25BrClN3. The van der Waals surface area contributed by atoms with E-state index in [9.17, 15) is 0 Å². The Labute approximate surface area is 141 Å². The second-order valence-corrected chi connectivity index (χ2v) is 7.73. The van der Waals surface area contributed by atoms with Crippen LogP contribution >= 0.6 is 27.5 Å². The molecule has 0 radical (unpaired) electrons. The first-order valence-corrected chi connectivity index (χ1v) is 8.64. The predicted octanol–water partition coefficient (Wildman–Crippen LogP) is 3.22. The van der Waals surface area contributed by atoms with Crippen molar-refractivity contribution in [1.82, 2.24) is 15.1 Å². The van der Waals surface area contributed by atoms with Crippen LogP contribution in [0.25, 0.3) is 0 Å². The monoisotopic (exact) mass is 373 g/mol. The molecule has 1 saturated heterocycles. The number of hydrogen-bond acceptors (Lipinski definition) is 3. The number of halogens is 2. The van der Waals surface area contributed by atoms with Crippen LogP contribution in [0.15, 0.2) is 22.7 Å². The van der Waals surface area contributed by atoms with Crippen molar-refractivity contribution in [3.8, 4) is 0 Å². The quantitative estimate of drug-likeness (QED) is 0.854. The number of nitrogens with zero attached hydrogens (tertiary/aromatic N) is 2. The van der Waals surface area contributed by atoms with Gasteiger partial charge in [0.25, 0.3) is 0 Å². The summed E-state index contributed by atoms with van der Waals surface area (Å²) in [5.74, 6) is 0. The second kappa shape index (κ2) is 7.42. The fourth-order valence-electron chi connectivity index (χ4n) is 2.71. The van der Waals surface area contributed by atoms with E-state index < -0.39 is 0 Å². The Balaban J connectivity index is 1.85. The lowest BCUT2D eigenvalue weighted by molar-refractivity contribution is 0.0618. The van der Waals surface area contributed by atoms with Crippen LogP contribution in [-0.2, 0) is 6.54 Å². The van der Waals surface area contributed by atoms with Gasteiger partial charge in [-0.05, 0) is 44.7 Å². The molecule has 21 heavy (non-hydrogen) atoms. The Morgan fingerprint density at radius 1 is 1.24 bits per heavy atom. The molecule has 0 spiro atoms. The SMILES string of the molecule is CN1CCN(C(C)(C)CNCc2cc(Cl)ccc2Br)CC1. The van der Waals surface area contributed by atoms with Crippen molar-refractivity contribution >= 4 is 27.5 Å². The Morgan fingerprint density at radius 2 is 1.90 bits per heavy atom. The van der Waals surface area contributed by atoms with Gasteiger partial charge in [0.1, 0.15) is 0 Å². The third-order valence-electron chi connectivity index (χ3n) is 4.24. The molecule has 1 aromatic rings. The summed E-state index contributed by atoms with van der Waals surface area (Å²) < 4.78 is 1.11. The second-order valence-electron chi connectivity index (χ2n) is 6.44. The first-order chi connectivity index (χ1) is 9.88. The van der Waals surface area contributed by atoms with Crippen LogP contribution in [0.4, 0.5) is 0 Å². The summed E-state index contributed by atoms with van der Waals surface area (Å²) in [6.45, 7) is 11.0. The van der Waals surface area contributed by atoms with E-state index in [0.29, 0.717) is 0 Å². The van der Waals surface area contributed by atoms with Gasteiger partial charge in [0.05, 0.1) is 0 Å². The molecule has 1 N–H and O–H groups in total. The van der Waals surface area contributed by atoms with E-state index in [0.717, 1.165) is 48.8 Å². The summed E-state index contributed by atoms with van der Waals surface area (Å²) in [5, 5.41) is 4.36. The smallest absolute Gasteiger partial charge is 0.0410 e. The number of benzene rings is 1. The van der Waals surface area contributed by atoms with Gasteiger partial charge in [-0.25, -0.2) is 0 Å². The summed E-state index contributed by atoms with van der Waals surface area (Å²) in [6, 6.07) is 5.93. The highest BCUT2D eigenvalue weighted by Crippen LogP contribution is 2.21. The van der Waals surface area contributed by atoms with E-state index in [1.807, 2.05) is 18.2 Å². The van der Waals surface area contributed by atoms with Crippen LogP contribution in [0, 0.1) is 0 Å². The Kier molecular flexibility index (Phi) is 6.09. The van der Waals surface area contributed by atoms with E-state index in [1.165, 1.54) is 5.56 Å². The minimum atomic E-state index is 0.173. The van der Waals surface area contributed by atoms with Gasteiger partial charge in [-0.3, -0.25) is 4.90 Å². The molecule has 3 nitrogen and oxygen atoms in total. The van der Waals surface area contributed by atoms with Crippen LogP contribution in [-0.4, -0.2) is 55.1 Å². The van der Waals surface area contributed by atoms with Crippen molar-refractivity contribution < 1.29 is 0 Å². The summed E-state index contributed by atoms with van der Waals surface area (Å²) in [4.78, 5) is 4.97. The largest absolute Gasteiger partial charge is 0.311 e. The van der Waals surface area contributed by atoms with Gasteiger partial charge in [-0.15, -0.1) is 0 Å². The normalized spacial score (nSPS) is 18.1. The van der Waals surface area contributed by atoms with Crippen molar-refractivity contribution in [3.05, 3.63) is 33.3 Å². The maximum Gasteiger partial charge on any atom is 0.0410 e. The fraction of sp³-hybridized carbons (Fsp3) is 0.625. The van der Waals surface area contributed by atoms with Crippen LogP contribution in [0.2, 0.25) is 5.02 Å². The highest BCUT2D eigenvalue weighted by molar-refractivity contribution is 9.10. The van der Waals surface area contributed by atoms with Gasteiger partial charge in [0, 0.05) is 54.3 Å². The Bertz CT molecular complexity index is 471. The first kappa shape index (κ1) is 17.2. The zero-order chi connectivity index (χ0) is 15.5. The van der Waals surface area contributed by atoms with Gasteiger partial charge in [-0.1, -0.05) is 27.5 Å². The number of likely N-dealkylation sites (N-methyl/N-ethyl adjacent to an activating group) is 1. The zero-order valence-corrected chi connectivity index (χ0v) is 15.5. The molecule has 0 aromatic heterocycles. The molecule has 1 heterocycles. The van der Waals surface area contributed by atoms with Gasteiger partial charge in [0.2, 0.25) is 0 Å². The number of rotatable bonds is 5. The summed E-state index contributed by atoms with van der Waals surface area (Å²) in [6.07, 6.45) is 0.